The van der Waals surface area contributed by atoms with Gasteiger partial charge in [0.1, 0.15) is 5.75 Å². The Kier molecular flexibility index (Phi) is 5.55. The van der Waals surface area contributed by atoms with Crippen LogP contribution in [0.1, 0.15) is 12.5 Å². The molecule has 1 aromatic carbocycles. The van der Waals surface area contributed by atoms with Gasteiger partial charge in [-0.15, -0.1) is 0 Å². The van der Waals surface area contributed by atoms with E-state index in [9.17, 15) is 9.59 Å². The van der Waals surface area contributed by atoms with Crippen molar-refractivity contribution in [3.8, 4) is 5.75 Å². The molecule has 1 unspecified atom stereocenters. The molecule has 0 bridgehead atoms. The predicted octanol–water partition coefficient (Wildman–Crippen LogP) is 0.384. The van der Waals surface area contributed by atoms with Gasteiger partial charge in [0.2, 0.25) is 5.91 Å². The van der Waals surface area contributed by atoms with Gasteiger partial charge in [-0.1, -0.05) is 12.1 Å². The molecule has 1 fully saturated rings. The van der Waals surface area contributed by atoms with E-state index in [1.54, 1.807) is 24.3 Å². The Bertz CT molecular complexity index is 554. The lowest BCUT2D eigenvalue weighted by Gasteiger charge is -2.31. The second-order valence-corrected chi connectivity index (χ2v) is 5.30. The van der Waals surface area contributed by atoms with Crippen LogP contribution in [0.3, 0.4) is 0 Å². The van der Waals surface area contributed by atoms with Crippen molar-refractivity contribution in [2.75, 3.05) is 26.2 Å². The molecular weight excluding hydrogens is 282 g/mol. The van der Waals surface area contributed by atoms with Gasteiger partial charge in [0, 0.05) is 31.8 Å². The zero-order valence-electron chi connectivity index (χ0n) is 12.6. The van der Waals surface area contributed by atoms with Gasteiger partial charge in [-0.3, -0.25) is 9.59 Å². The van der Waals surface area contributed by atoms with Crippen LogP contribution in [0, 0.1) is 0 Å². The van der Waals surface area contributed by atoms with E-state index in [2.05, 4.69) is 12.2 Å². The van der Waals surface area contributed by atoms with Crippen LogP contribution in [0.25, 0.3) is 6.08 Å². The maximum Gasteiger partial charge on any atom is 0.255 e. The number of ether oxygens (including phenoxy) is 1. The molecule has 22 heavy (non-hydrogen) atoms. The minimum Gasteiger partial charge on any atom is -0.484 e. The Hall–Kier alpha value is -2.34. The summed E-state index contributed by atoms with van der Waals surface area (Å²) in [6, 6.07) is 7.44. The Labute approximate surface area is 129 Å². The van der Waals surface area contributed by atoms with Crippen molar-refractivity contribution in [2.24, 2.45) is 5.73 Å². The highest BCUT2D eigenvalue weighted by molar-refractivity contribution is 5.91. The molecule has 1 aliphatic heterocycles. The summed E-state index contributed by atoms with van der Waals surface area (Å²) in [6.07, 6.45) is 3.35. The van der Waals surface area contributed by atoms with Gasteiger partial charge >= 0.3 is 0 Å². The van der Waals surface area contributed by atoms with E-state index >= 15 is 0 Å². The lowest BCUT2D eigenvalue weighted by atomic mass is 10.2. The van der Waals surface area contributed by atoms with Crippen molar-refractivity contribution in [1.82, 2.24) is 10.2 Å². The van der Waals surface area contributed by atoms with E-state index in [1.807, 2.05) is 17.0 Å². The van der Waals surface area contributed by atoms with E-state index in [4.69, 9.17) is 10.5 Å². The molecular formula is C16H21N3O3. The molecule has 0 radical (unpaired) electrons. The molecule has 1 aromatic rings. The van der Waals surface area contributed by atoms with Crippen LogP contribution in [0.4, 0.5) is 0 Å². The molecule has 118 valence electrons. The fourth-order valence-electron chi connectivity index (χ4n) is 2.24. The first-order valence-corrected chi connectivity index (χ1v) is 7.26. The van der Waals surface area contributed by atoms with Crippen molar-refractivity contribution < 1.29 is 14.3 Å². The predicted molar refractivity (Wildman–Crippen MR) is 84.2 cm³/mol. The van der Waals surface area contributed by atoms with E-state index < -0.39 is 5.91 Å². The van der Waals surface area contributed by atoms with Crippen LogP contribution in [0.5, 0.6) is 5.75 Å². The monoisotopic (exact) mass is 303 g/mol. The zero-order valence-corrected chi connectivity index (χ0v) is 12.6. The van der Waals surface area contributed by atoms with Gasteiger partial charge in [-0.2, -0.15) is 0 Å². The molecule has 3 N–H and O–H groups in total. The van der Waals surface area contributed by atoms with Gasteiger partial charge in [0.15, 0.2) is 6.61 Å². The second-order valence-electron chi connectivity index (χ2n) is 5.30. The summed E-state index contributed by atoms with van der Waals surface area (Å²) in [5, 5.41) is 3.30. The van der Waals surface area contributed by atoms with Crippen LogP contribution in [-0.4, -0.2) is 49.0 Å². The first-order valence-electron chi connectivity index (χ1n) is 7.26. The molecule has 6 nitrogen and oxygen atoms in total. The summed E-state index contributed by atoms with van der Waals surface area (Å²) in [4.78, 5) is 24.6. The average Bonchev–Trinajstić information content (AvgIpc) is 2.51. The van der Waals surface area contributed by atoms with Crippen LogP contribution in [0.15, 0.2) is 30.3 Å². The van der Waals surface area contributed by atoms with Crippen LogP contribution < -0.4 is 15.8 Å². The van der Waals surface area contributed by atoms with Gasteiger partial charge in [0.05, 0.1) is 0 Å². The Balaban J connectivity index is 1.89. The van der Waals surface area contributed by atoms with E-state index in [0.29, 0.717) is 11.8 Å². The van der Waals surface area contributed by atoms with Gasteiger partial charge in [0.25, 0.3) is 5.91 Å². The third-order valence-corrected chi connectivity index (χ3v) is 3.36. The van der Waals surface area contributed by atoms with E-state index in [0.717, 1.165) is 25.2 Å². The number of carbonyl (C=O) groups is 2. The molecule has 0 aliphatic carbocycles. The number of rotatable bonds is 5. The van der Waals surface area contributed by atoms with E-state index in [-0.39, 0.29) is 12.5 Å². The van der Waals surface area contributed by atoms with Crippen molar-refractivity contribution >= 4 is 17.9 Å². The van der Waals surface area contributed by atoms with Crippen molar-refractivity contribution in [3.05, 3.63) is 35.9 Å². The van der Waals surface area contributed by atoms with Gasteiger partial charge in [-0.25, -0.2) is 0 Å². The number of nitrogens with zero attached hydrogens (tertiary/aromatic N) is 1. The van der Waals surface area contributed by atoms with Crippen molar-refractivity contribution in [3.63, 3.8) is 0 Å². The third-order valence-electron chi connectivity index (χ3n) is 3.36. The molecule has 0 aromatic heterocycles. The summed E-state index contributed by atoms with van der Waals surface area (Å²) >= 11 is 0. The zero-order chi connectivity index (χ0) is 15.9. The molecule has 0 saturated carbocycles. The lowest BCUT2D eigenvalue weighted by molar-refractivity contribution is -0.127. The molecule has 2 rings (SSSR count). The van der Waals surface area contributed by atoms with Crippen LogP contribution >= 0.6 is 0 Å². The number of nitrogens with two attached hydrogens (primary N) is 1. The minimum atomic E-state index is -0.514. The summed E-state index contributed by atoms with van der Waals surface area (Å²) in [6.45, 7) is 4.20. The van der Waals surface area contributed by atoms with E-state index in [1.165, 1.54) is 0 Å². The van der Waals surface area contributed by atoms with Crippen molar-refractivity contribution in [1.29, 1.82) is 0 Å². The first-order chi connectivity index (χ1) is 10.5. The highest BCUT2D eigenvalue weighted by Crippen LogP contribution is 2.13. The van der Waals surface area contributed by atoms with Crippen molar-refractivity contribution in [2.45, 2.75) is 13.0 Å². The maximum atomic E-state index is 12.1. The normalized spacial score (nSPS) is 18.4. The number of primary amides is 1. The molecule has 6 heteroatoms. The highest BCUT2D eigenvalue weighted by Gasteiger charge is 2.18. The molecule has 2 amide bonds. The highest BCUT2D eigenvalue weighted by atomic mass is 16.5. The SMILES string of the molecule is CC1CN(C(=O)/C=C/c2ccc(OCC(N)=O)cc2)CCN1. The number of piperazine rings is 1. The topological polar surface area (TPSA) is 84.7 Å². The largest absolute Gasteiger partial charge is 0.484 e. The van der Waals surface area contributed by atoms with Crippen LogP contribution in [-0.2, 0) is 9.59 Å². The average molecular weight is 303 g/mol. The second kappa shape index (κ2) is 7.61. The molecule has 1 aliphatic rings. The minimum absolute atomic E-state index is 0.0161. The molecule has 1 saturated heterocycles. The fraction of sp³-hybridized carbons (Fsp3) is 0.375. The Morgan fingerprint density at radius 1 is 1.41 bits per heavy atom. The summed E-state index contributed by atoms with van der Waals surface area (Å²) in [5.41, 5.74) is 5.90. The van der Waals surface area contributed by atoms with Gasteiger partial charge in [-0.05, 0) is 30.7 Å². The Morgan fingerprint density at radius 2 is 2.14 bits per heavy atom. The summed E-state index contributed by atoms with van der Waals surface area (Å²) < 4.78 is 5.17. The molecule has 1 heterocycles. The number of hydrogen-bond acceptors (Lipinski definition) is 4. The third kappa shape index (κ3) is 4.89. The number of hydrogen-bond donors (Lipinski definition) is 2. The first kappa shape index (κ1) is 16.0. The maximum absolute atomic E-state index is 12.1. The lowest BCUT2D eigenvalue weighted by Crippen LogP contribution is -2.50. The summed E-state index contributed by atoms with van der Waals surface area (Å²) in [5.74, 6) is 0.0698. The molecule has 1 atom stereocenters. The van der Waals surface area contributed by atoms with Gasteiger partial charge < -0.3 is 20.7 Å². The fourth-order valence-corrected chi connectivity index (χ4v) is 2.24. The van der Waals surface area contributed by atoms with Crippen LogP contribution in [0.2, 0.25) is 0 Å². The number of nitrogens with one attached hydrogen (secondary N) is 1. The Morgan fingerprint density at radius 3 is 2.77 bits per heavy atom. The number of benzene rings is 1. The quantitative estimate of drug-likeness (QED) is 0.770. The standard InChI is InChI=1S/C16H21N3O3/c1-12-10-19(9-8-18-12)16(21)7-4-13-2-5-14(6-3-13)22-11-15(17)20/h2-7,12,18H,8-11H2,1H3,(H2,17,20)/b7-4+. The number of carbonyl (C=O) groups excluding carboxylic acids is 2. The summed E-state index contributed by atoms with van der Waals surface area (Å²) in [7, 11) is 0. The number of amides is 2. The molecule has 0 spiro atoms. The smallest absolute Gasteiger partial charge is 0.255 e.